The number of thioether (sulfide) groups is 1. The molecule has 4 nitrogen and oxygen atoms in total. The van der Waals surface area contributed by atoms with Gasteiger partial charge in [-0.1, -0.05) is 30.3 Å². The maximum Gasteiger partial charge on any atom is 0.339 e. The van der Waals surface area contributed by atoms with Crippen molar-refractivity contribution in [2.75, 3.05) is 12.9 Å². The van der Waals surface area contributed by atoms with Crippen molar-refractivity contribution in [1.82, 2.24) is 5.32 Å². The minimum Gasteiger partial charge on any atom is -0.452 e. The number of rotatable bonds is 6. The number of carbonyl (C=O) groups is 2. The van der Waals surface area contributed by atoms with Crippen molar-refractivity contribution in [2.24, 2.45) is 0 Å². The first-order chi connectivity index (χ1) is 11.9. The smallest absolute Gasteiger partial charge is 0.339 e. The molecule has 132 valence electrons. The number of hydrogen-bond donors (Lipinski definition) is 1. The normalized spacial score (nSPS) is 11.7. The van der Waals surface area contributed by atoms with E-state index in [0.717, 1.165) is 10.5 Å². The molecule has 5 heteroatoms. The number of nitrogens with one attached hydrogen (secondary N) is 1. The van der Waals surface area contributed by atoms with Crippen LogP contribution in [-0.2, 0) is 9.53 Å². The summed E-state index contributed by atoms with van der Waals surface area (Å²) in [6.07, 6.45) is 1.89. The number of aryl methyl sites for hydroxylation is 2. The van der Waals surface area contributed by atoms with Crippen LogP contribution in [0.5, 0.6) is 0 Å². The quantitative estimate of drug-likeness (QED) is 0.626. The highest BCUT2D eigenvalue weighted by Crippen LogP contribution is 2.20. The lowest BCUT2D eigenvalue weighted by molar-refractivity contribution is -0.124. The molecular formula is C20H23NO3S. The molecule has 0 unspecified atom stereocenters. The Morgan fingerprint density at radius 3 is 2.52 bits per heavy atom. The van der Waals surface area contributed by atoms with Crippen LogP contribution in [0.25, 0.3) is 0 Å². The Morgan fingerprint density at radius 2 is 1.84 bits per heavy atom. The lowest BCUT2D eigenvalue weighted by atomic mass is 10.0. The molecule has 0 aliphatic rings. The Kier molecular flexibility index (Phi) is 6.65. The molecule has 2 rings (SSSR count). The zero-order chi connectivity index (χ0) is 18.4. The second-order valence-electron chi connectivity index (χ2n) is 5.91. The minimum absolute atomic E-state index is 0.149. The van der Waals surface area contributed by atoms with Crippen molar-refractivity contribution in [2.45, 2.75) is 31.7 Å². The van der Waals surface area contributed by atoms with Crippen LogP contribution in [0, 0.1) is 13.8 Å². The third kappa shape index (κ3) is 5.10. The number of amides is 1. The fraction of sp³-hybridized carbons (Fsp3) is 0.300. The average Bonchev–Trinajstić information content (AvgIpc) is 2.61. The van der Waals surface area contributed by atoms with E-state index in [1.807, 2.05) is 51.3 Å². The summed E-state index contributed by atoms with van der Waals surface area (Å²) in [5.74, 6) is -0.806. The van der Waals surface area contributed by atoms with E-state index in [1.165, 1.54) is 22.9 Å². The van der Waals surface area contributed by atoms with Crippen LogP contribution in [0.3, 0.4) is 0 Å². The average molecular weight is 357 g/mol. The maximum atomic E-state index is 12.2. The van der Waals surface area contributed by atoms with Gasteiger partial charge in [0.2, 0.25) is 0 Å². The van der Waals surface area contributed by atoms with Crippen molar-refractivity contribution in [3.63, 3.8) is 0 Å². The van der Waals surface area contributed by atoms with Crippen LogP contribution in [0.2, 0.25) is 0 Å². The molecule has 0 saturated carbocycles. The molecule has 0 saturated heterocycles. The minimum atomic E-state index is -0.487. The van der Waals surface area contributed by atoms with Crippen LogP contribution in [0.1, 0.15) is 40.0 Å². The first-order valence-electron chi connectivity index (χ1n) is 8.09. The Morgan fingerprint density at radius 1 is 1.12 bits per heavy atom. The Bertz CT molecular complexity index is 773. The molecular weight excluding hydrogens is 334 g/mol. The predicted octanol–water partition coefficient (Wildman–Crippen LogP) is 4.06. The second kappa shape index (κ2) is 8.72. The molecule has 0 radical (unpaired) electrons. The summed E-state index contributed by atoms with van der Waals surface area (Å²) >= 11 is 1.47. The third-order valence-electron chi connectivity index (χ3n) is 4.07. The molecule has 0 spiro atoms. The van der Waals surface area contributed by atoms with Crippen LogP contribution >= 0.6 is 11.8 Å². The summed E-state index contributed by atoms with van der Waals surface area (Å²) < 4.78 is 5.15. The van der Waals surface area contributed by atoms with Gasteiger partial charge in [-0.05, 0) is 55.9 Å². The highest BCUT2D eigenvalue weighted by atomic mass is 32.2. The van der Waals surface area contributed by atoms with Gasteiger partial charge in [-0.15, -0.1) is 11.8 Å². The molecule has 0 heterocycles. The van der Waals surface area contributed by atoms with Gasteiger partial charge < -0.3 is 10.1 Å². The molecule has 0 aliphatic carbocycles. The van der Waals surface area contributed by atoms with Gasteiger partial charge in [0.1, 0.15) is 0 Å². The van der Waals surface area contributed by atoms with E-state index >= 15 is 0 Å². The summed E-state index contributed by atoms with van der Waals surface area (Å²) in [6, 6.07) is 13.1. The predicted molar refractivity (Wildman–Crippen MR) is 101 cm³/mol. The van der Waals surface area contributed by atoms with Gasteiger partial charge in [-0.2, -0.15) is 0 Å². The van der Waals surface area contributed by atoms with Crippen molar-refractivity contribution in [3.8, 4) is 0 Å². The molecule has 2 aromatic carbocycles. The number of carbonyl (C=O) groups excluding carboxylic acids is 2. The maximum absolute atomic E-state index is 12.2. The van der Waals surface area contributed by atoms with Gasteiger partial charge in [-0.25, -0.2) is 4.79 Å². The molecule has 0 fully saturated rings. The number of esters is 1. The molecule has 0 aromatic heterocycles. The Labute approximate surface area is 153 Å². The molecule has 0 bridgehead atoms. The van der Waals surface area contributed by atoms with Crippen molar-refractivity contribution in [3.05, 3.63) is 64.7 Å². The highest BCUT2D eigenvalue weighted by molar-refractivity contribution is 7.98. The summed E-state index contributed by atoms with van der Waals surface area (Å²) in [5, 5.41) is 2.86. The summed E-state index contributed by atoms with van der Waals surface area (Å²) in [4.78, 5) is 25.1. The van der Waals surface area contributed by atoms with Gasteiger partial charge in [0.05, 0.1) is 11.6 Å². The Balaban J connectivity index is 1.91. The SMILES string of the molecule is CSc1ccccc1C(=O)OCC(=O)N[C@@H](C)c1ccc(C)c(C)c1. The van der Waals surface area contributed by atoms with Crippen LogP contribution in [0.4, 0.5) is 0 Å². The van der Waals surface area contributed by atoms with E-state index < -0.39 is 5.97 Å². The van der Waals surface area contributed by atoms with Gasteiger partial charge in [-0.3, -0.25) is 4.79 Å². The first-order valence-corrected chi connectivity index (χ1v) is 9.31. The summed E-state index contributed by atoms with van der Waals surface area (Å²) in [5.41, 5.74) is 3.89. The monoisotopic (exact) mass is 357 g/mol. The van der Waals surface area contributed by atoms with E-state index in [9.17, 15) is 9.59 Å². The molecule has 1 amide bonds. The molecule has 1 atom stereocenters. The van der Waals surface area contributed by atoms with Crippen LogP contribution in [-0.4, -0.2) is 24.7 Å². The first kappa shape index (κ1) is 19.1. The van der Waals surface area contributed by atoms with Gasteiger partial charge >= 0.3 is 5.97 Å². The summed E-state index contributed by atoms with van der Waals surface area (Å²) in [7, 11) is 0. The van der Waals surface area contributed by atoms with Crippen molar-refractivity contribution in [1.29, 1.82) is 0 Å². The fourth-order valence-corrected chi connectivity index (χ4v) is 3.01. The lowest BCUT2D eigenvalue weighted by Crippen LogP contribution is -2.31. The summed E-state index contributed by atoms with van der Waals surface area (Å²) in [6.45, 7) is 5.70. The van der Waals surface area contributed by atoms with E-state index in [4.69, 9.17) is 4.74 Å². The molecule has 25 heavy (non-hydrogen) atoms. The van der Waals surface area contributed by atoms with Crippen molar-refractivity contribution >= 4 is 23.6 Å². The zero-order valence-electron chi connectivity index (χ0n) is 15.0. The van der Waals surface area contributed by atoms with E-state index in [0.29, 0.717) is 5.56 Å². The van der Waals surface area contributed by atoms with E-state index in [-0.39, 0.29) is 18.6 Å². The highest BCUT2D eigenvalue weighted by Gasteiger charge is 2.15. The van der Waals surface area contributed by atoms with Crippen molar-refractivity contribution < 1.29 is 14.3 Å². The number of benzene rings is 2. The van der Waals surface area contributed by atoms with Gasteiger partial charge in [0.15, 0.2) is 6.61 Å². The molecule has 1 N–H and O–H groups in total. The standard InChI is InChI=1S/C20H23NO3S/c1-13-9-10-16(11-14(13)2)15(3)21-19(22)12-24-20(23)17-7-5-6-8-18(17)25-4/h5-11,15H,12H2,1-4H3,(H,21,22)/t15-/m0/s1. The fourth-order valence-electron chi connectivity index (χ4n) is 2.42. The lowest BCUT2D eigenvalue weighted by Gasteiger charge is -2.16. The third-order valence-corrected chi connectivity index (χ3v) is 4.87. The second-order valence-corrected chi connectivity index (χ2v) is 6.76. The zero-order valence-corrected chi connectivity index (χ0v) is 15.8. The van der Waals surface area contributed by atoms with Crippen LogP contribution < -0.4 is 5.32 Å². The van der Waals surface area contributed by atoms with Crippen LogP contribution in [0.15, 0.2) is 47.4 Å². The largest absolute Gasteiger partial charge is 0.452 e. The topological polar surface area (TPSA) is 55.4 Å². The Hall–Kier alpha value is -2.27. The molecule has 2 aromatic rings. The number of hydrogen-bond acceptors (Lipinski definition) is 4. The van der Waals surface area contributed by atoms with Gasteiger partial charge in [0, 0.05) is 4.90 Å². The van der Waals surface area contributed by atoms with E-state index in [2.05, 4.69) is 11.4 Å². The molecule has 0 aliphatic heterocycles. The van der Waals surface area contributed by atoms with Gasteiger partial charge in [0.25, 0.3) is 5.91 Å². The van der Waals surface area contributed by atoms with E-state index in [1.54, 1.807) is 12.1 Å². The number of ether oxygens (including phenoxy) is 1.